The van der Waals surface area contributed by atoms with Crippen LogP contribution in [-0.2, 0) is 4.79 Å². The molecule has 0 spiro atoms. The van der Waals surface area contributed by atoms with Crippen LogP contribution in [0, 0.1) is 12.3 Å². The third-order valence-electron chi connectivity index (χ3n) is 4.16. The zero-order chi connectivity index (χ0) is 18.6. The maximum atomic E-state index is 12.1. The third kappa shape index (κ3) is 7.02. The molecule has 26 heavy (non-hydrogen) atoms. The van der Waals surface area contributed by atoms with Gasteiger partial charge in [-0.1, -0.05) is 23.6 Å². The lowest BCUT2D eigenvalue weighted by Gasteiger charge is -2.15. The highest BCUT2D eigenvalue weighted by Crippen LogP contribution is 2.19. The summed E-state index contributed by atoms with van der Waals surface area (Å²) in [5, 5.41) is 9.28. The first-order chi connectivity index (χ1) is 12.7. The molecule has 0 unspecified atom stereocenters. The highest BCUT2D eigenvalue weighted by molar-refractivity contribution is 5.94. The fraction of sp³-hybridized carbons (Fsp3) is 0.429. The van der Waals surface area contributed by atoms with Crippen molar-refractivity contribution in [3.63, 3.8) is 0 Å². The summed E-state index contributed by atoms with van der Waals surface area (Å²) in [6.45, 7) is 3.63. The van der Waals surface area contributed by atoms with Gasteiger partial charge < -0.3 is 16.0 Å². The fourth-order valence-electron chi connectivity index (χ4n) is 2.85. The number of nitrogens with one attached hydrogen (secondary N) is 3. The molecule has 1 amide bonds. The van der Waals surface area contributed by atoms with Crippen LogP contribution in [0.5, 0.6) is 0 Å². The Balaban J connectivity index is 1.81. The largest absolute Gasteiger partial charge is 0.357 e. The van der Waals surface area contributed by atoms with Gasteiger partial charge in [-0.15, -0.1) is 6.42 Å². The molecular weight excluding hydrogens is 324 g/mol. The van der Waals surface area contributed by atoms with E-state index in [1.807, 2.05) is 25.1 Å². The Morgan fingerprint density at radius 2 is 2.19 bits per heavy atom. The van der Waals surface area contributed by atoms with Gasteiger partial charge in [-0.05, 0) is 57.2 Å². The monoisotopic (exact) mass is 352 g/mol. The molecule has 0 saturated carbocycles. The molecular formula is C21H28N4O. The minimum atomic E-state index is -0.175. The number of terminal acetylenes is 1. The van der Waals surface area contributed by atoms with E-state index in [2.05, 4.69) is 32.9 Å². The van der Waals surface area contributed by atoms with Crippen molar-refractivity contribution in [2.45, 2.75) is 39.0 Å². The molecule has 1 aliphatic carbocycles. The number of allylic oxidation sites excluding steroid dienone is 1. The Labute approximate surface area is 156 Å². The Morgan fingerprint density at radius 1 is 1.31 bits per heavy atom. The average molecular weight is 352 g/mol. The first kappa shape index (κ1) is 19.6. The summed E-state index contributed by atoms with van der Waals surface area (Å²) < 4.78 is 0. The van der Waals surface area contributed by atoms with Crippen LogP contribution in [0.15, 0.2) is 40.9 Å². The molecule has 0 saturated heterocycles. The average Bonchev–Trinajstić information content (AvgIpc) is 2.67. The van der Waals surface area contributed by atoms with Gasteiger partial charge in [0.25, 0.3) is 0 Å². The lowest BCUT2D eigenvalue weighted by molar-refractivity contribution is -0.114. The highest BCUT2D eigenvalue weighted by atomic mass is 16.1. The van der Waals surface area contributed by atoms with Crippen LogP contribution >= 0.6 is 0 Å². The quantitative estimate of drug-likeness (QED) is 0.306. The van der Waals surface area contributed by atoms with Crippen molar-refractivity contribution in [3.05, 3.63) is 41.5 Å². The van der Waals surface area contributed by atoms with E-state index in [4.69, 9.17) is 6.42 Å². The van der Waals surface area contributed by atoms with Crippen LogP contribution in [0.2, 0.25) is 0 Å². The second-order valence-electron chi connectivity index (χ2n) is 6.25. The molecule has 1 aromatic rings. The van der Waals surface area contributed by atoms with Crippen molar-refractivity contribution < 1.29 is 4.79 Å². The minimum absolute atomic E-state index is 0.0539. The molecule has 0 fully saturated rings. The van der Waals surface area contributed by atoms with E-state index >= 15 is 0 Å². The molecule has 1 aliphatic rings. The number of rotatable bonds is 7. The number of amides is 1. The van der Waals surface area contributed by atoms with Gasteiger partial charge in [-0.25, -0.2) is 4.99 Å². The zero-order valence-corrected chi connectivity index (χ0v) is 15.5. The van der Waals surface area contributed by atoms with Gasteiger partial charge in [-0.3, -0.25) is 4.79 Å². The number of anilines is 1. The predicted octanol–water partition coefficient (Wildman–Crippen LogP) is 3.05. The Morgan fingerprint density at radius 3 is 2.92 bits per heavy atom. The van der Waals surface area contributed by atoms with Crippen LogP contribution in [0.4, 0.5) is 5.69 Å². The van der Waals surface area contributed by atoms with Gasteiger partial charge in [0.2, 0.25) is 5.91 Å². The number of carbonyl (C=O) groups excluding carboxylic acids is 1. The van der Waals surface area contributed by atoms with Gasteiger partial charge in [0.1, 0.15) is 6.54 Å². The van der Waals surface area contributed by atoms with Crippen LogP contribution in [0.3, 0.4) is 0 Å². The van der Waals surface area contributed by atoms with E-state index in [-0.39, 0.29) is 12.5 Å². The molecule has 5 nitrogen and oxygen atoms in total. The van der Waals surface area contributed by atoms with E-state index in [0.29, 0.717) is 11.6 Å². The lowest BCUT2D eigenvalue weighted by atomic mass is 9.97. The van der Waals surface area contributed by atoms with Crippen LogP contribution in [0.1, 0.15) is 44.6 Å². The number of benzene rings is 1. The maximum Gasteiger partial charge on any atom is 0.246 e. The first-order valence-electron chi connectivity index (χ1n) is 9.28. The molecule has 5 heteroatoms. The molecule has 0 heterocycles. The second-order valence-corrected chi connectivity index (χ2v) is 6.25. The summed E-state index contributed by atoms with van der Waals surface area (Å²) in [6.07, 6.45) is 13.8. The first-order valence-corrected chi connectivity index (χ1v) is 9.28. The van der Waals surface area contributed by atoms with Gasteiger partial charge in [0, 0.05) is 24.3 Å². The second kappa shape index (κ2) is 11.0. The van der Waals surface area contributed by atoms with Crippen molar-refractivity contribution in [2.24, 2.45) is 4.99 Å². The summed E-state index contributed by atoms with van der Waals surface area (Å²) in [6, 6.07) is 7.22. The van der Waals surface area contributed by atoms with Gasteiger partial charge >= 0.3 is 0 Å². The third-order valence-corrected chi connectivity index (χ3v) is 4.16. The number of nitrogens with zero attached hydrogens (tertiary/aromatic N) is 1. The van der Waals surface area contributed by atoms with E-state index in [1.165, 1.54) is 31.3 Å². The molecule has 0 radical (unpaired) electrons. The summed E-state index contributed by atoms with van der Waals surface area (Å²) in [5.41, 5.74) is 2.94. The molecule has 0 bridgehead atoms. The van der Waals surface area contributed by atoms with E-state index < -0.39 is 0 Å². The van der Waals surface area contributed by atoms with Crippen molar-refractivity contribution in [3.8, 4) is 12.3 Å². The number of carbonyl (C=O) groups is 1. The predicted molar refractivity (Wildman–Crippen MR) is 108 cm³/mol. The molecule has 0 aliphatic heterocycles. The standard InChI is InChI=1S/C21H28N4O/c1-3-17-11-8-12-19(15-17)25-20(26)16-24-21(22-4-2)23-14-13-18-9-6-5-7-10-18/h1,8-9,11-12,15H,4-7,10,13-14,16H2,2H3,(H,25,26)(H2,22,23,24). The number of hydrogen-bond acceptors (Lipinski definition) is 2. The van der Waals surface area contributed by atoms with Gasteiger partial charge in [0.05, 0.1) is 0 Å². The van der Waals surface area contributed by atoms with Crippen molar-refractivity contribution in [2.75, 3.05) is 25.0 Å². The topological polar surface area (TPSA) is 65.5 Å². The smallest absolute Gasteiger partial charge is 0.246 e. The van der Waals surface area contributed by atoms with Gasteiger partial charge in [-0.2, -0.15) is 0 Å². The van der Waals surface area contributed by atoms with Crippen molar-refractivity contribution >= 4 is 17.6 Å². The molecule has 0 aromatic heterocycles. The van der Waals surface area contributed by atoms with Crippen LogP contribution in [0.25, 0.3) is 0 Å². The SMILES string of the molecule is C#Cc1cccc(NC(=O)CN=C(NCC)NCCC2=CCCCC2)c1. The normalized spacial score (nSPS) is 14.2. The van der Waals surface area contributed by atoms with Gasteiger partial charge in [0.15, 0.2) is 5.96 Å². The summed E-state index contributed by atoms with van der Waals surface area (Å²) in [5.74, 6) is 3.04. The number of hydrogen-bond donors (Lipinski definition) is 3. The Hall–Kier alpha value is -2.74. The highest BCUT2D eigenvalue weighted by Gasteiger charge is 2.06. The molecule has 138 valence electrons. The molecule has 2 rings (SSSR count). The summed E-state index contributed by atoms with van der Waals surface area (Å²) >= 11 is 0. The zero-order valence-electron chi connectivity index (χ0n) is 15.5. The number of aliphatic imine (C=N–C) groups is 1. The maximum absolute atomic E-state index is 12.1. The number of guanidine groups is 1. The minimum Gasteiger partial charge on any atom is -0.357 e. The van der Waals surface area contributed by atoms with E-state index in [1.54, 1.807) is 6.07 Å². The fourth-order valence-corrected chi connectivity index (χ4v) is 2.85. The molecule has 3 N–H and O–H groups in total. The molecule has 1 aromatic carbocycles. The Kier molecular flexibility index (Phi) is 8.28. The van der Waals surface area contributed by atoms with Crippen molar-refractivity contribution in [1.29, 1.82) is 0 Å². The Bertz CT molecular complexity index is 700. The molecule has 0 atom stereocenters. The van der Waals surface area contributed by atoms with Crippen molar-refractivity contribution in [1.82, 2.24) is 10.6 Å². The lowest BCUT2D eigenvalue weighted by Crippen LogP contribution is -2.38. The van der Waals surface area contributed by atoms with E-state index in [9.17, 15) is 4.79 Å². The van der Waals surface area contributed by atoms with Crippen LogP contribution in [-0.4, -0.2) is 31.5 Å². The van der Waals surface area contributed by atoms with Crippen LogP contribution < -0.4 is 16.0 Å². The summed E-state index contributed by atoms with van der Waals surface area (Å²) in [4.78, 5) is 16.5. The van der Waals surface area contributed by atoms with E-state index in [0.717, 1.165) is 25.1 Å². The summed E-state index contributed by atoms with van der Waals surface area (Å²) in [7, 11) is 0.